The van der Waals surface area contributed by atoms with Crippen molar-refractivity contribution in [2.75, 3.05) is 6.61 Å². The first-order valence-electron chi connectivity index (χ1n) is 11.0. The summed E-state index contributed by atoms with van der Waals surface area (Å²) in [6.45, 7) is 4.16. The first kappa shape index (κ1) is 21.8. The van der Waals surface area contributed by atoms with Gasteiger partial charge >= 0.3 is 0 Å². The van der Waals surface area contributed by atoms with E-state index in [0.29, 0.717) is 46.7 Å². The number of hydrogen-bond donors (Lipinski definition) is 1. The molecule has 5 rings (SSSR count). The van der Waals surface area contributed by atoms with Crippen molar-refractivity contribution in [2.45, 2.75) is 45.1 Å². The molecule has 1 fully saturated rings. The Morgan fingerprint density at radius 1 is 1.18 bits per heavy atom. The molecule has 8 heteroatoms. The maximum atomic E-state index is 15.0. The third kappa shape index (κ3) is 4.84. The van der Waals surface area contributed by atoms with Gasteiger partial charge in [0.1, 0.15) is 5.82 Å². The zero-order chi connectivity index (χ0) is 22.9. The smallest absolute Gasteiger partial charge is 0.175 e. The molecule has 0 unspecified atom stereocenters. The SMILES string of the molecule is Cc1ccc(C[C@@H]2CONC(c3nc(C)ncc3Oc3cccc(C4CC4)c3F)=N2)c(Cl)c1. The van der Waals surface area contributed by atoms with Gasteiger partial charge in [0.25, 0.3) is 0 Å². The Balaban J connectivity index is 1.44. The standard InChI is InChI=1S/C25H24ClFN4O2/c1-14-6-7-17(20(26)10-14)11-18-13-32-31-25(30-18)24-22(12-28-15(2)29-24)33-21-5-3-4-19(23(21)27)16-8-9-16/h3-7,10,12,16,18H,8-9,11,13H2,1-2H3,(H,30,31)/t18-/m1/s1. The van der Waals surface area contributed by atoms with Gasteiger partial charge in [-0.25, -0.2) is 19.8 Å². The molecule has 1 atom stereocenters. The van der Waals surface area contributed by atoms with Crippen molar-refractivity contribution in [3.63, 3.8) is 0 Å². The summed E-state index contributed by atoms with van der Waals surface area (Å²) in [5.74, 6) is 1.33. The number of halogens is 2. The molecule has 0 bridgehead atoms. The van der Waals surface area contributed by atoms with Crippen LogP contribution in [0.5, 0.6) is 11.5 Å². The molecule has 0 saturated heterocycles. The van der Waals surface area contributed by atoms with Gasteiger partial charge in [0.15, 0.2) is 28.8 Å². The van der Waals surface area contributed by atoms with E-state index in [0.717, 1.165) is 24.0 Å². The minimum Gasteiger partial charge on any atom is -0.450 e. The third-order valence-corrected chi connectivity index (χ3v) is 6.10. The Kier molecular flexibility index (Phi) is 6.00. The summed E-state index contributed by atoms with van der Waals surface area (Å²) in [6.07, 6.45) is 4.15. The summed E-state index contributed by atoms with van der Waals surface area (Å²) >= 11 is 6.41. The number of aryl methyl sites for hydroxylation is 2. The first-order chi connectivity index (χ1) is 16.0. The van der Waals surface area contributed by atoms with E-state index in [1.54, 1.807) is 13.0 Å². The number of benzene rings is 2. The molecule has 3 aromatic rings. The van der Waals surface area contributed by atoms with E-state index in [4.69, 9.17) is 26.2 Å². The zero-order valence-electron chi connectivity index (χ0n) is 18.4. The van der Waals surface area contributed by atoms with Crippen molar-refractivity contribution >= 4 is 17.4 Å². The molecule has 2 heterocycles. The lowest BCUT2D eigenvalue weighted by Crippen LogP contribution is -2.37. The van der Waals surface area contributed by atoms with Crippen LogP contribution < -0.4 is 10.2 Å². The molecular formula is C25H24ClFN4O2. The van der Waals surface area contributed by atoms with Crippen molar-refractivity contribution in [3.05, 3.63) is 81.6 Å². The molecule has 33 heavy (non-hydrogen) atoms. The van der Waals surface area contributed by atoms with Crippen LogP contribution in [0.3, 0.4) is 0 Å². The van der Waals surface area contributed by atoms with Crippen molar-refractivity contribution in [1.82, 2.24) is 15.4 Å². The third-order valence-electron chi connectivity index (χ3n) is 5.75. The summed E-state index contributed by atoms with van der Waals surface area (Å²) in [6, 6.07) is 11.0. The maximum Gasteiger partial charge on any atom is 0.175 e. The monoisotopic (exact) mass is 466 g/mol. The number of nitrogens with one attached hydrogen (secondary N) is 1. The minimum absolute atomic E-state index is 0.147. The molecule has 0 radical (unpaired) electrons. The molecule has 6 nitrogen and oxygen atoms in total. The maximum absolute atomic E-state index is 15.0. The molecule has 170 valence electrons. The quantitative estimate of drug-likeness (QED) is 0.523. The Hall–Kier alpha value is -3.03. The second-order valence-electron chi connectivity index (χ2n) is 8.51. The fourth-order valence-corrected chi connectivity index (χ4v) is 4.19. The lowest BCUT2D eigenvalue weighted by molar-refractivity contribution is 0.0621. The van der Waals surface area contributed by atoms with E-state index >= 15 is 4.39 Å². The fraction of sp³-hybridized carbons (Fsp3) is 0.320. The number of aliphatic imine (C=N–C) groups is 1. The lowest BCUT2D eigenvalue weighted by Gasteiger charge is -2.23. The highest BCUT2D eigenvalue weighted by Crippen LogP contribution is 2.43. The Labute approximate surface area is 196 Å². The molecule has 0 amide bonds. The van der Waals surface area contributed by atoms with E-state index in [1.807, 2.05) is 37.3 Å². The Morgan fingerprint density at radius 3 is 2.82 bits per heavy atom. The molecule has 0 spiro atoms. The molecule has 1 N–H and O–H groups in total. The summed E-state index contributed by atoms with van der Waals surface area (Å²) < 4.78 is 21.0. The van der Waals surface area contributed by atoms with Gasteiger partial charge in [-0.1, -0.05) is 35.9 Å². The number of ether oxygens (including phenoxy) is 1. The van der Waals surface area contributed by atoms with E-state index in [1.165, 1.54) is 6.20 Å². The number of hydroxylamine groups is 1. The predicted octanol–water partition coefficient (Wildman–Crippen LogP) is 5.45. The van der Waals surface area contributed by atoms with Crippen LogP contribution in [-0.4, -0.2) is 28.5 Å². The predicted molar refractivity (Wildman–Crippen MR) is 125 cm³/mol. The summed E-state index contributed by atoms with van der Waals surface area (Å²) in [4.78, 5) is 19.1. The molecule has 1 aliphatic heterocycles. The highest BCUT2D eigenvalue weighted by atomic mass is 35.5. The van der Waals surface area contributed by atoms with Gasteiger partial charge in [-0.2, -0.15) is 0 Å². The van der Waals surface area contributed by atoms with Gasteiger partial charge in [0.05, 0.1) is 18.8 Å². The topological polar surface area (TPSA) is 68.6 Å². The Morgan fingerprint density at radius 2 is 2.03 bits per heavy atom. The summed E-state index contributed by atoms with van der Waals surface area (Å²) in [5, 5.41) is 0.707. The first-order valence-corrected chi connectivity index (χ1v) is 11.4. The average Bonchev–Trinajstić information content (AvgIpc) is 3.64. The van der Waals surface area contributed by atoms with Gasteiger partial charge < -0.3 is 4.74 Å². The highest BCUT2D eigenvalue weighted by molar-refractivity contribution is 6.31. The largest absolute Gasteiger partial charge is 0.450 e. The number of rotatable bonds is 6. The van der Waals surface area contributed by atoms with Gasteiger partial charge in [-0.3, -0.25) is 9.83 Å². The zero-order valence-corrected chi connectivity index (χ0v) is 19.2. The number of amidine groups is 1. The van der Waals surface area contributed by atoms with Gasteiger partial charge in [-0.05, 0) is 67.9 Å². The van der Waals surface area contributed by atoms with Gasteiger partial charge in [0.2, 0.25) is 0 Å². The molecule has 2 aliphatic rings. The van der Waals surface area contributed by atoms with Gasteiger partial charge in [0, 0.05) is 5.02 Å². The van der Waals surface area contributed by atoms with Crippen LogP contribution in [0.1, 0.15) is 47.0 Å². The second kappa shape index (κ2) is 9.08. The summed E-state index contributed by atoms with van der Waals surface area (Å²) in [5.41, 5.74) is 6.04. The van der Waals surface area contributed by atoms with Crippen LogP contribution in [0, 0.1) is 19.7 Å². The van der Waals surface area contributed by atoms with Gasteiger partial charge in [-0.15, -0.1) is 0 Å². The Bertz CT molecular complexity index is 1230. The van der Waals surface area contributed by atoms with Crippen LogP contribution in [-0.2, 0) is 11.3 Å². The molecule has 1 saturated carbocycles. The van der Waals surface area contributed by atoms with Crippen LogP contribution >= 0.6 is 11.6 Å². The normalized spacial score (nSPS) is 17.9. The van der Waals surface area contributed by atoms with E-state index in [9.17, 15) is 0 Å². The molecule has 1 aromatic heterocycles. The highest BCUT2D eigenvalue weighted by Gasteiger charge is 2.29. The average molecular weight is 467 g/mol. The molecule has 2 aromatic carbocycles. The van der Waals surface area contributed by atoms with Crippen molar-refractivity contribution in [1.29, 1.82) is 0 Å². The van der Waals surface area contributed by atoms with E-state index in [2.05, 4.69) is 15.4 Å². The molecule has 1 aliphatic carbocycles. The van der Waals surface area contributed by atoms with Crippen LogP contribution in [0.2, 0.25) is 5.02 Å². The van der Waals surface area contributed by atoms with Crippen LogP contribution in [0.15, 0.2) is 47.6 Å². The fourth-order valence-electron chi connectivity index (χ4n) is 3.88. The lowest BCUT2D eigenvalue weighted by atomic mass is 10.0. The van der Waals surface area contributed by atoms with Crippen molar-refractivity contribution < 1.29 is 14.0 Å². The number of aromatic nitrogens is 2. The number of nitrogens with zero attached hydrogens (tertiary/aromatic N) is 3. The molecular weight excluding hydrogens is 443 g/mol. The summed E-state index contributed by atoms with van der Waals surface area (Å²) in [7, 11) is 0. The minimum atomic E-state index is -0.340. The van der Waals surface area contributed by atoms with Crippen molar-refractivity contribution in [2.24, 2.45) is 4.99 Å². The van der Waals surface area contributed by atoms with Crippen molar-refractivity contribution in [3.8, 4) is 11.5 Å². The second-order valence-corrected chi connectivity index (χ2v) is 8.92. The van der Waals surface area contributed by atoms with Crippen LogP contribution in [0.4, 0.5) is 4.39 Å². The van der Waals surface area contributed by atoms with Crippen LogP contribution in [0.25, 0.3) is 0 Å². The van der Waals surface area contributed by atoms with E-state index in [-0.39, 0.29) is 23.5 Å². The van der Waals surface area contributed by atoms with E-state index < -0.39 is 0 Å². The number of hydrogen-bond acceptors (Lipinski definition) is 6.